The number of benzene rings is 1. The number of aryl methyl sites for hydroxylation is 1. The van der Waals surface area contributed by atoms with Crippen LogP contribution in [0.2, 0.25) is 0 Å². The molecule has 2 heterocycles. The van der Waals surface area contributed by atoms with Gasteiger partial charge in [-0.2, -0.15) is 0 Å². The van der Waals surface area contributed by atoms with Crippen LogP contribution in [0.3, 0.4) is 0 Å². The van der Waals surface area contributed by atoms with Crippen molar-refractivity contribution in [1.82, 2.24) is 4.57 Å². The Morgan fingerprint density at radius 1 is 1.03 bits per heavy atom. The Balaban J connectivity index is 1.85. The molecule has 2 aliphatic rings. The van der Waals surface area contributed by atoms with Crippen molar-refractivity contribution >= 4 is 21.6 Å². The molecule has 1 saturated carbocycles. The maximum Gasteiger partial charge on any atom is 0.254 e. The molecular formula is C23H30N2O4S. The Morgan fingerprint density at radius 3 is 2.30 bits per heavy atom. The third kappa shape index (κ3) is 3.69. The molecule has 0 bridgehead atoms. The SMILES string of the molecule is Cc1ccc(S(=O)(=O)c2c(C)c(C)n(C3CCCC3)c2NC(=O)C2CCCO2)cc1. The first-order valence-corrected chi connectivity index (χ1v) is 12.2. The second-order valence-corrected chi connectivity index (χ2v) is 10.4. The summed E-state index contributed by atoms with van der Waals surface area (Å²) >= 11 is 0. The summed E-state index contributed by atoms with van der Waals surface area (Å²) in [6, 6.07) is 7.07. The first-order chi connectivity index (χ1) is 14.3. The van der Waals surface area contributed by atoms with Gasteiger partial charge in [0.15, 0.2) is 0 Å². The Morgan fingerprint density at radius 2 is 1.70 bits per heavy atom. The van der Waals surface area contributed by atoms with Gasteiger partial charge in [0.2, 0.25) is 9.84 Å². The number of nitrogens with one attached hydrogen (secondary N) is 1. The molecule has 0 spiro atoms. The number of ether oxygens (including phenoxy) is 1. The minimum Gasteiger partial charge on any atom is -0.368 e. The number of amides is 1. The summed E-state index contributed by atoms with van der Waals surface area (Å²) in [5.41, 5.74) is 2.60. The fourth-order valence-corrected chi connectivity index (χ4v) is 6.37. The van der Waals surface area contributed by atoms with E-state index in [1.807, 2.05) is 20.8 Å². The first-order valence-electron chi connectivity index (χ1n) is 10.8. The van der Waals surface area contributed by atoms with Crippen molar-refractivity contribution in [2.75, 3.05) is 11.9 Å². The molecule has 1 amide bonds. The monoisotopic (exact) mass is 430 g/mol. The minimum absolute atomic E-state index is 0.200. The molecule has 1 unspecified atom stereocenters. The third-order valence-corrected chi connectivity index (χ3v) is 8.38. The van der Waals surface area contributed by atoms with Crippen LogP contribution in [0.4, 0.5) is 5.82 Å². The van der Waals surface area contributed by atoms with Crippen LogP contribution in [0.5, 0.6) is 0 Å². The van der Waals surface area contributed by atoms with E-state index in [2.05, 4.69) is 9.88 Å². The van der Waals surface area contributed by atoms with Gasteiger partial charge in [0.1, 0.15) is 16.8 Å². The zero-order valence-electron chi connectivity index (χ0n) is 17.9. The van der Waals surface area contributed by atoms with Gasteiger partial charge in [0.05, 0.1) is 4.90 Å². The number of anilines is 1. The maximum absolute atomic E-state index is 13.7. The zero-order valence-corrected chi connectivity index (χ0v) is 18.7. The predicted molar refractivity (Wildman–Crippen MR) is 116 cm³/mol. The van der Waals surface area contributed by atoms with Crippen molar-refractivity contribution in [3.05, 3.63) is 41.1 Å². The van der Waals surface area contributed by atoms with Gasteiger partial charge in [0, 0.05) is 18.3 Å². The van der Waals surface area contributed by atoms with Crippen LogP contribution in [-0.4, -0.2) is 31.6 Å². The lowest BCUT2D eigenvalue weighted by atomic mass is 10.2. The van der Waals surface area contributed by atoms with E-state index in [0.29, 0.717) is 24.4 Å². The van der Waals surface area contributed by atoms with Crippen LogP contribution in [0, 0.1) is 20.8 Å². The maximum atomic E-state index is 13.7. The van der Waals surface area contributed by atoms with E-state index in [0.717, 1.165) is 43.4 Å². The Hall–Kier alpha value is -2.12. The predicted octanol–water partition coefficient (Wildman–Crippen LogP) is 4.48. The summed E-state index contributed by atoms with van der Waals surface area (Å²) in [7, 11) is -3.79. The minimum atomic E-state index is -3.79. The number of hydrogen-bond donors (Lipinski definition) is 1. The summed E-state index contributed by atoms with van der Waals surface area (Å²) in [5, 5.41) is 2.97. The summed E-state index contributed by atoms with van der Waals surface area (Å²) in [6.45, 7) is 6.27. The van der Waals surface area contributed by atoms with Crippen LogP contribution in [0.1, 0.15) is 61.4 Å². The van der Waals surface area contributed by atoms with Gasteiger partial charge in [-0.25, -0.2) is 8.42 Å². The Kier molecular flexibility index (Phi) is 5.77. The van der Waals surface area contributed by atoms with Crippen molar-refractivity contribution in [3.8, 4) is 0 Å². The molecule has 6 nitrogen and oxygen atoms in total. The molecule has 1 aliphatic carbocycles. The molecule has 1 aromatic carbocycles. The van der Waals surface area contributed by atoms with E-state index >= 15 is 0 Å². The average Bonchev–Trinajstić information content (AvgIpc) is 3.45. The quantitative estimate of drug-likeness (QED) is 0.759. The number of sulfone groups is 1. The second kappa shape index (κ2) is 8.19. The van der Waals surface area contributed by atoms with Gasteiger partial charge >= 0.3 is 0 Å². The lowest BCUT2D eigenvalue weighted by molar-refractivity contribution is -0.124. The van der Waals surface area contributed by atoms with Crippen molar-refractivity contribution in [2.45, 2.75) is 81.2 Å². The lowest BCUT2D eigenvalue weighted by Crippen LogP contribution is -2.29. The molecule has 1 aliphatic heterocycles. The van der Waals surface area contributed by atoms with E-state index in [1.165, 1.54) is 0 Å². The molecule has 7 heteroatoms. The van der Waals surface area contributed by atoms with Crippen LogP contribution in [0.15, 0.2) is 34.1 Å². The molecular weight excluding hydrogens is 400 g/mol. The van der Waals surface area contributed by atoms with Crippen LogP contribution >= 0.6 is 0 Å². The number of aromatic nitrogens is 1. The van der Waals surface area contributed by atoms with Crippen molar-refractivity contribution in [1.29, 1.82) is 0 Å². The van der Waals surface area contributed by atoms with Gasteiger partial charge in [-0.15, -0.1) is 0 Å². The molecule has 2 aromatic rings. The molecule has 1 saturated heterocycles. The van der Waals surface area contributed by atoms with Crippen LogP contribution in [0.25, 0.3) is 0 Å². The largest absolute Gasteiger partial charge is 0.368 e. The van der Waals surface area contributed by atoms with Crippen LogP contribution < -0.4 is 5.32 Å². The molecule has 1 N–H and O–H groups in total. The van der Waals surface area contributed by atoms with Crippen molar-refractivity contribution in [2.24, 2.45) is 0 Å². The highest BCUT2D eigenvalue weighted by Gasteiger charge is 2.35. The number of nitrogens with zero attached hydrogens (tertiary/aromatic N) is 1. The van der Waals surface area contributed by atoms with E-state index in [1.54, 1.807) is 24.3 Å². The molecule has 1 atom stereocenters. The zero-order chi connectivity index (χ0) is 21.5. The highest BCUT2D eigenvalue weighted by Crippen LogP contribution is 2.41. The molecule has 0 radical (unpaired) electrons. The average molecular weight is 431 g/mol. The molecule has 4 rings (SSSR count). The molecule has 1 aromatic heterocycles. The summed E-state index contributed by atoms with van der Waals surface area (Å²) in [4.78, 5) is 13.4. The highest BCUT2D eigenvalue weighted by molar-refractivity contribution is 7.91. The van der Waals surface area contributed by atoms with E-state index < -0.39 is 15.9 Å². The molecule has 30 heavy (non-hydrogen) atoms. The highest BCUT2D eigenvalue weighted by atomic mass is 32.2. The van der Waals surface area contributed by atoms with Crippen molar-refractivity contribution < 1.29 is 17.9 Å². The second-order valence-electron chi connectivity index (χ2n) is 8.50. The summed E-state index contributed by atoms with van der Waals surface area (Å²) in [6.07, 6.45) is 5.18. The molecule has 162 valence electrons. The van der Waals surface area contributed by atoms with Gasteiger partial charge in [0.25, 0.3) is 5.91 Å². The normalized spacial score (nSPS) is 20.0. The van der Waals surface area contributed by atoms with Gasteiger partial charge in [-0.05, 0) is 64.2 Å². The number of carbonyl (C=O) groups is 1. The van der Waals surface area contributed by atoms with Crippen LogP contribution in [-0.2, 0) is 19.4 Å². The summed E-state index contributed by atoms with van der Waals surface area (Å²) < 4.78 is 34.9. The van der Waals surface area contributed by atoms with E-state index in [-0.39, 0.29) is 21.7 Å². The fourth-order valence-electron chi connectivity index (χ4n) is 4.68. The van der Waals surface area contributed by atoms with E-state index in [9.17, 15) is 13.2 Å². The standard InChI is InChI=1S/C23H30N2O4S/c1-15-10-12-19(13-11-15)30(27,28)21-16(2)17(3)25(18-7-4-5-8-18)22(21)24-23(26)20-9-6-14-29-20/h10-13,18,20H,4-9,14H2,1-3H3,(H,24,26). The fraction of sp³-hybridized carbons (Fsp3) is 0.522. The number of hydrogen-bond acceptors (Lipinski definition) is 4. The lowest BCUT2D eigenvalue weighted by Gasteiger charge is -2.21. The summed E-state index contributed by atoms with van der Waals surface area (Å²) in [5.74, 6) is 0.141. The van der Waals surface area contributed by atoms with Gasteiger partial charge in [-0.1, -0.05) is 30.5 Å². The van der Waals surface area contributed by atoms with Gasteiger partial charge < -0.3 is 14.6 Å². The first kappa shape index (κ1) is 21.1. The van der Waals surface area contributed by atoms with Crippen molar-refractivity contribution in [3.63, 3.8) is 0 Å². The Bertz CT molecular complexity index is 1040. The third-order valence-electron chi connectivity index (χ3n) is 6.45. The number of rotatable bonds is 5. The van der Waals surface area contributed by atoms with Gasteiger partial charge in [-0.3, -0.25) is 4.79 Å². The molecule has 2 fully saturated rings. The van der Waals surface area contributed by atoms with E-state index in [4.69, 9.17) is 4.74 Å². The Labute approximate surface area is 178 Å². The topological polar surface area (TPSA) is 77.4 Å². The number of carbonyl (C=O) groups excluding carboxylic acids is 1. The smallest absolute Gasteiger partial charge is 0.254 e.